The van der Waals surface area contributed by atoms with E-state index in [0.717, 1.165) is 42.1 Å². The van der Waals surface area contributed by atoms with Crippen molar-refractivity contribution in [2.75, 3.05) is 32.1 Å². The third-order valence-electron chi connectivity index (χ3n) is 4.77. The van der Waals surface area contributed by atoms with Gasteiger partial charge in [-0.15, -0.1) is 11.3 Å². The maximum absolute atomic E-state index is 12.3. The van der Waals surface area contributed by atoms with E-state index in [1.807, 2.05) is 38.2 Å². The van der Waals surface area contributed by atoms with Gasteiger partial charge in [0.2, 0.25) is 5.91 Å². The van der Waals surface area contributed by atoms with E-state index in [9.17, 15) is 10.1 Å². The number of nitriles is 1. The molecule has 1 aromatic heterocycles. The quantitative estimate of drug-likeness (QED) is 0.754. The Kier molecular flexibility index (Phi) is 6.49. The zero-order chi connectivity index (χ0) is 19.2. The third kappa shape index (κ3) is 5.09. The van der Waals surface area contributed by atoms with E-state index in [1.54, 1.807) is 11.3 Å². The summed E-state index contributed by atoms with van der Waals surface area (Å²) in [5.74, 6) is 0.819. The molecule has 0 atom stereocenters. The van der Waals surface area contributed by atoms with E-state index >= 15 is 0 Å². The van der Waals surface area contributed by atoms with Crippen molar-refractivity contribution in [2.24, 2.45) is 0 Å². The molecule has 0 bridgehead atoms. The summed E-state index contributed by atoms with van der Waals surface area (Å²) in [4.78, 5) is 15.6. The number of fused-ring (bicyclic) bond motifs is 1. The molecule has 0 fully saturated rings. The Bertz CT molecular complexity index is 836. The summed E-state index contributed by atoms with van der Waals surface area (Å²) in [5.41, 5.74) is 3.02. The van der Waals surface area contributed by atoms with Crippen molar-refractivity contribution in [3.8, 4) is 11.8 Å². The lowest BCUT2D eigenvalue weighted by Crippen LogP contribution is -2.28. The fourth-order valence-electron chi connectivity index (χ4n) is 3.16. The van der Waals surface area contributed by atoms with Crippen molar-refractivity contribution in [3.63, 3.8) is 0 Å². The predicted octanol–water partition coefficient (Wildman–Crippen LogP) is 3.76. The van der Waals surface area contributed by atoms with Gasteiger partial charge in [0.1, 0.15) is 23.4 Å². The number of nitrogens with zero attached hydrogens (tertiary/aromatic N) is 2. The number of likely N-dealkylation sites (N-methyl/N-ethyl adjacent to an activating group) is 1. The lowest BCUT2D eigenvalue weighted by Gasteiger charge is -2.16. The molecule has 0 saturated carbocycles. The van der Waals surface area contributed by atoms with Gasteiger partial charge >= 0.3 is 0 Å². The molecule has 3 rings (SSSR count). The summed E-state index contributed by atoms with van der Waals surface area (Å²) in [5, 5.41) is 13.0. The van der Waals surface area contributed by atoms with E-state index in [2.05, 4.69) is 16.3 Å². The molecule has 2 aromatic rings. The third-order valence-corrected chi connectivity index (χ3v) is 5.98. The number of carbonyl (C=O) groups is 1. The monoisotopic (exact) mass is 383 g/mol. The number of benzene rings is 1. The van der Waals surface area contributed by atoms with E-state index in [0.29, 0.717) is 25.1 Å². The first kappa shape index (κ1) is 19.4. The predicted molar refractivity (Wildman–Crippen MR) is 108 cm³/mol. The van der Waals surface area contributed by atoms with Gasteiger partial charge in [0, 0.05) is 24.4 Å². The van der Waals surface area contributed by atoms with Crippen LogP contribution in [0.1, 0.15) is 34.4 Å². The molecular weight excluding hydrogens is 358 g/mol. The van der Waals surface area contributed by atoms with Gasteiger partial charge in [-0.1, -0.05) is 17.7 Å². The summed E-state index contributed by atoms with van der Waals surface area (Å²) in [6.07, 6.45) is 3.48. The molecule has 142 valence electrons. The minimum absolute atomic E-state index is 0.0438. The van der Waals surface area contributed by atoms with Gasteiger partial charge in [-0.3, -0.25) is 4.79 Å². The smallest absolute Gasteiger partial charge is 0.226 e. The Hall–Kier alpha value is -2.36. The molecule has 27 heavy (non-hydrogen) atoms. The standard InChI is InChI=1S/C21H25N3O2S/c1-15-6-8-16(9-7-15)26-13-12-24(2)11-10-20(25)23-21-18(14-22)17-4-3-5-19(17)27-21/h6-9H,3-5,10-13H2,1-2H3,(H,23,25). The molecule has 5 nitrogen and oxygen atoms in total. The summed E-state index contributed by atoms with van der Waals surface area (Å²) in [7, 11) is 1.98. The molecule has 1 heterocycles. The van der Waals surface area contributed by atoms with Crippen molar-refractivity contribution < 1.29 is 9.53 Å². The van der Waals surface area contributed by atoms with Crippen LogP contribution in [0, 0.1) is 18.3 Å². The molecule has 0 unspecified atom stereocenters. The van der Waals surface area contributed by atoms with Crippen LogP contribution < -0.4 is 10.1 Å². The summed E-state index contributed by atoms with van der Waals surface area (Å²) >= 11 is 1.56. The molecule has 1 aliphatic carbocycles. The number of carbonyl (C=O) groups excluding carboxylic acids is 1. The molecular formula is C21H25N3O2S. The number of thiophene rings is 1. The topological polar surface area (TPSA) is 65.4 Å². The Balaban J connectivity index is 1.40. The molecule has 0 spiro atoms. The summed E-state index contributed by atoms with van der Waals surface area (Å²) in [6, 6.07) is 10.2. The fraction of sp³-hybridized carbons (Fsp3) is 0.429. The van der Waals surface area contributed by atoms with E-state index in [-0.39, 0.29) is 5.91 Å². The first-order valence-corrected chi connectivity index (χ1v) is 10.1. The largest absolute Gasteiger partial charge is 0.492 e. The minimum atomic E-state index is -0.0438. The van der Waals surface area contributed by atoms with Gasteiger partial charge in [-0.2, -0.15) is 5.26 Å². The highest BCUT2D eigenvalue weighted by atomic mass is 32.1. The average Bonchev–Trinajstić information content (AvgIpc) is 3.22. The highest BCUT2D eigenvalue weighted by Gasteiger charge is 2.23. The van der Waals surface area contributed by atoms with Crippen molar-refractivity contribution in [1.29, 1.82) is 5.26 Å². The zero-order valence-corrected chi connectivity index (χ0v) is 16.7. The van der Waals surface area contributed by atoms with Gasteiger partial charge in [0.25, 0.3) is 0 Å². The Morgan fingerprint density at radius 1 is 1.30 bits per heavy atom. The molecule has 1 aromatic carbocycles. The number of aryl methyl sites for hydroxylation is 2. The van der Waals surface area contributed by atoms with Crippen LogP contribution in [0.3, 0.4) is 0 Å². The number of amides is 1. The van der Waals surface area contributed by atoms with E-state index in [4.69, 9.17) is 4.74 Å². The lowest BCUT2D eigenvalue weighted by molar-refractivity contribution is -0.116. The Labute approximate surface area is 164 Å². The van der Waals surface area contributed by atoms with Crippen molar-refractivity contribution in [3.05, 3.63) is 45.8 Å². The number of nitrogens with one attached hydrogen (secondary N) is 1. The number of rotatable bonds is 8. The van der Waals surface area contributed by atoms with Gasteiger partial charge in [-0.25, -0.2) is 0 Å². The van der Waals surface area contributed by atoms with Crippen LogP contribution in [0.25, 0.3) is 0 Å². The second kappa shape index (κ2) is 9.03. The first-order valence-electron chi connectivity index (χ1n) is 9.29. The van der Waals surface area contributed by atoms with Gasteiger partial charge < -0.3 is 15.0 Å². The highest BCUT2D eigenvalue weighted by molar-refractivity contribution is 7.16. The minimum Gasteiger partial charge on any atom is -0.492 e. The fourth-order valence-corrected chi connectivity index (χ4v) is 4.41. The maximum atomic E-state index is 12.3. The average molecular weight is 384 g/mol. The Morgan fingerprint density at radius 3 is 2.81 bits per heavy atom. The van der Waals surface area contributed by atoms with Crippen LogP contribution in [-0.4, -0.2) is 37.6 Å². The number of hydrogen-bond donors (Lipinski definition) is 1. The zero-order valence-electron chi connectivity index (χ0n) is 15.9. The molecule has 1 aliphatic rings. The van der Waals surface area contributed by atoms with Crippen molar-refractivity contribution in [1.82, 2.24) is 4.90 Å². The van der Waals surface area contributed by atoms with E-state index < -0.39 is 0 Å². The number of anilines is 1. The van der Waals surface area contributed by atoms with Crippen LogP contribution in [0.4, 0.5) is 5.00 Å². The number of hydrogen-bond acceptors (Lipinski definition) is 5. The van der Waals surface area contributed by atoms with Gasteiger partial charge in [0.05, 0.1) is 5.56 Å². The molecule has 0 saturated heterocycles. The molecule has 1 amide bonds. The van der Waals surface area contributed by atoms with E-state index in [1.165, 1.54) is 10.4 Å². The maximum Gasteiger partial charge on any atom is 0.226 e. The van der Waals surface area contributed by atoms with Crippen molar-refractivity contribution in [2.45, 2.75) is 32.6 Å². The molecule has 6 heteroatoms. The first-order chi connectivity index (χ1) is 13.1. The lowest BCUT2D eigenvalue weighted by atomic mass is 10.1. The van der Waals surface area contributed by atoms with Crippen LogP contribution in [0.5, 0.6) is 5.75 Å². The van der Waals surface area contributed by atoms with Crippen LogP contribution in [0.15, 0.2) is 24.3 Å². The normalized spacial score (nSPS) is 12.7. The summed E-state index contributed by atoms with van der Waals surface area (Å²) < 4.78 is 5.72. The second-order valence-corrected chi connectivity index (χ2v) is 8.04. The van der Waals surface area contributed by atoms with Gasteiger partial charge in [-0.05, 0) is 50.9 Å². The molecule has 0 aliphatic heterocycles. The second-order valence-electron chi connectivity index (χ2n) is 6.94. The number of ether oxygens (including phenoxy) is 1. The summed E-state index contributed by atoms with van der Waals surface area (Å²) in [6.45, 7) is 4.03. The molecule has 1 N–H and O–H groups in total. The SMILES string of the molecule is Cc1ccc(OCCN(C)CCC(=O)Nc2sc3c(c2C#N)CCC3)cc1. The van der Waals surface area contributed by atoms with Gasteiger partial charge in [0.15, 0.2) is 0 Å². The highest BCUT2D eigenvalue weighted by Crippen LogP contribution is 2.38. The van der Waals surface area contributed by atoms with Crippen LogP contribution >= 0.6 is 11.3 Å². The van der Waals surface area contributed by atoms with Crippen LogP contribution in [0.2, 0.25) is 0 Å². The van der Waals surface area contributed by atoms with Crippen molar-refractivity contribution >= 4 is 22.2 Å². The molecule has 0 radical (unpaired) electrons. The van der Waals surface area contributed by atoms with Crippen LogP contribution in [-0.2, 0) is 17.6 Å². The Morgan fingerprint density at radius 2 is 2.07 bits per heavy atom.